The molecule has 22 heavy (non-hydrogen) atoms. The van der Waals surface area contributed by atoms with Crippen molar-refractivity contribution < 1.29 is 24.2 Å². The van der Waals surface area contributed by atoms with Crippen LogP contribution in [-0.2, 0) is 14.3 Å². The number of benzene rings is 1. The fraction of sp³-hybridized carbons (Fsp3) is 0.429. The largest absolute Gasteiger partial charge is 0.481 e. The molecular formula is C14H15Cl2NO5. The molecule has 1 aliphatic rings. The molecule has 0 aliphatic carbocycles. The molecule has 1 aromatic carbocycles. The van der Waals surface area contributed by atoms with Crippen molar-refractivity contribution in [1.29, 1.82) is 0 Å². The topological polar surface area (TPSA) is 76.1 Å². The molecule has 1 heterocycles. The van der Waals surface area contributed by atoms with Crippen LogP contribution in [0, 0.1) is 0 Å². The summed E-state index contributed by atoms with van der Waals surface area (Å²) in [7, 11) is 0. The number of morpholine rings is 1. The van der Waals surface area contributed by atoms with Crippen molar-refractivity contribution in [3.8, 4) is 5.75 Å². The number of amides is 1. The van der Waals surface area contributed by atoms with Crippen LogP contribution < -0.4 is 4.74 Å². The zero-order valence-corrected chi connectivity index (χ0v) is 13.3. The quantitative estimate of drug-likeness (QED) is 0.902. The zero-order chi connectivity index (χ0) is 16.3. The first kappa shape index (κ1) is 16.9. The molecule has 6 nitrogen and oxygen atoms in total. The van der Waals surface area contributed by atoms with Crippen LogP contribution in [0.1, 0.15) is 6.92 Å². The van der Waals surface area contributed by atoms with Crippen molar-refractivity contribution in [3.63, 3.8) is 0 Å². The summed E-state index contributed by atoms with van der Waals surface area (Å²) in [5.74, 6) is -0.977. The van der Waals surface area contributed by atoms with E-state index in [1.54, 1.807) is 19.1 Å². The molecule has 0 aromatic heterocycles. The Labute approximate surface area is 137 Å². The molecule has 1 aliphatic heterocycles. The minimum atomic E-state index is -1.09. The lowest BCUT2D eigenvalue weighted by molar-refractivity contribution is -0.161. The second-order valence-electron chi connectivity index (χ2n) is 4.82. The summed E-state index contributed by atoms with van der Waals surface area (Å²) in [4.78, 5) is 24.7. The predicted octanol–water partition coefficient (Wildman–Crippen LogP) is 2.07. The van der Waals surface area contributed by atoms with Crippen LogP contribution in [0.4, 0.5) is 0 Å². The van der Waals surface area contributed by atoms with E-state index in [2.05, 4.69) is 0 Å². The minimum Gasteiger partial charge on any atom is -0.481 e. The summed E-state index contributed by atoms with van der Waals surface area (Å²) in [6.07, 6.45) is -1.78. The fourth-order valence-corrected chi connectivity index (χ4v) is 2.35. The molecule has 1 N–H and O–H groups in total. The molecule has 1 aromatic rings. The first-order chi connectivity index (χ1) is 10.4. The van der Waals surface area contributed by atoms with Gasteiger partial charge in [0.15, 0.2) is 12.2 Å². The Kier molecular flexibility index (Phi) is 5.50. The highest BCUT2D eigenvalue weighted by Gasteiger charge is 2.31. The molecule has 1 amide bonds. The molecule has 0 bridgehead atoms. The van der Waals surface area contributed by atoms with Gasteiger partial charge in [-0.25, -0.2) is 4.79 Å². The molecule has 8 heteroatoms. The van der Waals surface area contributed by atoms with Crippen LogP contribution >= 0.6 is 23.2 Å². The highest BCUT2D eigenvalue weighted by Crippen LogP contribution is 2.27. The maximum absolute atomic E-state index is 12.3. The second-order valence-corrected chi connectivity index (χ2v) is 5.63. The monoisotopic (exact) mass is 347 g/mol. The van der Waals surface area contributed by atoms with E-state index < -0.39 is 18.2 Å². The van der Waals surface area contributed by atoms with Crippen LogP contribution in [0.25, 0.3) is 0 Å². The Bertz CT molecular complexity index is 580. The minimum absolute atomic E-state index is 0.00321. The van der Waals surface area contributed by atoms with Crippen molar-refractivity contribution in [2.24, 2.45) is 0 Å². The van der Waals surface area contributed by atoms with Crippen LogP contribution in [0.3, 0.4) is 0 Å². The van der Waals surface area contributed by atoms with Gasteiger partial charge >= 0.3 is 5.97 Å². The van der Waals surface area contributed by atoms with Crippen molar-refractivity contribution >= 4 is 35.1 Å². The molecule has 0 saturated carbocycles. The smallest absolute Gasteiger partial charge is 0.334 e. The van der Waals surface area contributed by atoms with E-state index in [9.17, 15) is 9.59 Å². The van der Waals surface area contributed by atoms with Gasteiger partial charge in [-0.15, -0.1) is 0 Å². The third-order valence-corrected chi connectivity index (χ3v) is 3.94. The van der Waals surface area contributed by atoms with Crippen LogP contribution in [0.5, 0.6) is 5.75 Å². The summed E-state index contributed by atoms with van der Waals surface area (Å²) in [5, 5.41) is 9.67. The van der Waals surface area contributed by atoms with Crippen molar-refractivity contribution in [3.05, 3.63) is 28.2 Å². The Balaban J connectivity index is 1.99. The second kappa shape index (κ2) is 7.17. The average Bonchev–Trinajstić information content (AvgIpc) is 2.50. The Hall–Kier alpha value is -1.50. The number of aliphatic carboxylic acids is 1. The molecule has 0 radical (unpaired) electrons. The number of hydrogen-bond acceptors (Lipinski definition) is 4. The maximum Gasteiger partial charge on any atom is 0.334 e. The van der Waals surface area contributed by atoms with Gasteiger partial charge in [-0.3, -0.25) is 4.79 Å². The van der Waals surface area contributed by atoms with Crippen LogP contribution in [0.2, 0.25) is 10.0 Å². The lowest BCUT2D eigenvalue weighted by atomic mass is 10.2. The van der Waals surface area contributed by atoms with E-state index in [-0.39, 0.29) is 19.1 Å². The number of carboxylic acids is 1. The first-order valence-electron chi connectivity index (χ1n) is 6.63. The molecule has 2 unspecified atom stereocenters. The van der Waals surface area contributed by atoms with Crippen LogP contribution in [-0.4, -0.2) is 53.8 Å². The standard InChI is InChI=1S/C14H15Cl2NO5/c1-8(22-9-2-3-10(15)11(16)6-9)13(18)17-4-5-21-12(7-17)14(19)20/h2-3,6,8,12H,4-5,7H2,1H3,(H,19,20). The number of ether oxygens (including phenoxy) is 2. The van der Waals surface area contributed by atoms with Crippen molar-refractivity contribution in [1.82, 2.24) is 4.90 Å². The third-order valence-electron chi connectivity index (χ3n) is 3.21. The van der Waals surface area contributed by atoms with E-state index in [1.165, 1.54) is 11.0 Å². The van der Waals surface area contributed by atoms with Crippen molar-refractivity contribution in [2.45, 2.75) is 19.1 Å². The van der Waals surface area contributed by atoms with Gasteiger partial charge in [-0.2, -0.15) is 0 Å². The number of halogens is 2. The summed E-state index contributed by atoms with van der Waals surface area (Å²) in [6.45, 7) is 2.11. The van der Waals surface area contributed by atoms with Gasteiger partial charge in [0.1, 0.15) is 5.75 Å². The van der Waals surface area contributed by atoms with E-state index in [0.717, 1.165) is 0 Å². The third kappa shape index (κ3) is 4.03. The fourth-order valence-electron chi connectivity index (χ4n) is 2.06. The lowest BCUT2D eigenvalue weighted by Crippen LogP contribution is -2.51. The summed E-state index contributed by atoms with van der Waals surface area (Å²) >= 11 is 11.7. The van der Waals surface area contributed by atoms with E-state index in [1.807, 2.05) is 0 Å². The highest BCUT2D eigenvalue weighted by molar-refractivity contribution is 6.42. The normalized spacial score (nSPS) is 19.6. The number of carboxylic acid groups (broad SMARTS) is 1. The molecular weight excluding hydrogens is 333 g/mol. The van der Waals surface area contributed by atoms with Gasteiger partial charge in [-0.1, -0.05) is 23.2 Å². The molecule has 120 valence electrons. The van der Waals surface area contributed by atoms with Gasteiger partial charge in [0.05, 0.1) is 23.2 Å². The number of rotatable bonds is 4. The number of hydrogen-bond donors (Lipinski definition) is 1. The molecule has 1 saturated heterocycles. The Morgan fingerprint density at radius 1 is 1.41 bits per heavy atom. The number of nitrogens with zero attached hydrogens (tertiary/aromatic N) is 1. The van der Waals surface area contributed by atoms with Crippen LogP contribution in [0.15, 0.2) is 18.2 Å². The van der Waals surface area contributed by atoms with Gasteiger partial charge in [0, 0.05) is 12.6 Å². The average molecular weight is 348 g/mol. The first-order valence-corrected chi connectivity index (χ1v) is 7.39. The summed E-state index contributed by atoms with van der Waals surface area (Å²) in [5.41, 5.74) is 0. The lowest BCUT2D eigenvalue weighted by Gasteiger charge is -2.32. The molecule has 2 rings (SSSR count). The molecule has 2 atom stereocenters. The summed E-state index contributed by atoms with van der Waals surface area (Å²) in [6, 6.07) is 4.70. The van der Waals surface area contributed by atoms with E-state index in [0.29, 0.717) is 22.3 Å². The van der Waals surface area contributed by atoms with Gasteiger partial charge in [0.25, 0.3) is 5.91 Å². The predicted molar refractivity (Wildman–Crippen MR) is 80.5 cm³/mol. The summed E-state index contributed by atoms with van der Waals surface area (Å²) < 4.78 is 10.6. The highest BCUT2D eigenvalue weighted by atomic mass is 35.5. The van der Waals surface area contributed by atoms with Gasteiger partial charge in [-0.05, 0) is 19.1 Å². The Morgan fingerprint density at radius 2 is 2.14 bits per heavy atom. The van der Waals surface area contributed by atoms with Gasteiger partial charge in [0.2, 0.25) is 0 Å². The van der Waals surface area contributed by atoms with Crippen molar-refractivity contribution in [2.75, 3.05) is 19.7 Å². The van der Waals surface area contributed by atoms with E-state index >= 15 is 0 Å². The zero-order valence-electron chi connectivity index (χ0n) is 11.8. The maximum atomic E-state index is 12.3. The number of carbonyl (C=O) groups excluding carboxylic acids is 1. The number of carbonyl (C=O) groups is 2. The van der Waals surface area contributed by atoms with Gasteiger partial charge < -0.3 is 19.5 Å². The SMILES string of the molecule is CC(Oc1ccc(Cl)c(Cl)c1)C(=O)N1CCOC(C(=O)O)C1. The molecule has 0 spiro atoms. The van der Waals surface area contributed by atoms with E-state index in [4.69, 9.17) is 37.8 Å². The Morgan fingerprint density at radius 3 is 2.77 bits per heavy atom. The molecule has 1 fully saturated rings.